The maximum atomic E-state index is 12.6. The van der Waals surface area contributed by atoms with Crippen LogP contribution in [0.5, 0.6) is 0 Å². The monoisotopic (exact) mass is 370 g/mol. The number of benzene rings is 1. The Balaban J connectivity index is 1.43. The van der Waals surface area contributed by atoms with Crippen molar-refractivity contribution in [3.05, 3.63) is 41.7 Å². The SMILES string of the molecule is CC1(C)C(=O)NC2(CCN(C(=O)OCc3ccccc3)CC2)c2nnnn21. The van der Waals surface area contributed by atoms with Crippen molar-refractivity contribution in [3.8, 4) is 0 Å². The molecule has 142 valence electrons. The van der Waals surface area contributed by atoms with Crippen LogP contribution in [0, 0.1) is 0 Å². The number of tetrazole rings is 1. The Hall–Kier alpha value is -2.97. The third-order valence-electron chi connectivity index (χ3n) is 5.42. The highest BCUT2D eigenvalue weighted by molar-refractivity contribution is 5.85. The highest BCUT2D eigenvalue weighted by Gasteiger charge is 2.51. The van der Waals surface area contributed by atoms with E-state index in [0.717, 1.165) is 5.56 Å². The van der Waals surface area contributed by atoms with Crippen LogP contribution >= 0.6 is 0 Å². The van der Waals surface area contributed by atoms with E-state index in [2.05, 4.69) is 20.8 Å². The van der Waals surface area contributed by atoms with Gasteiger partial charge in [-0.25, -0.2) is 9.48 Å². The van der Waals surface area contributed by atoms with Crippen molar-refractivity contribution in [2.75, 3.05) is 13.1 Å². The van der Waals surface area contributed by atoms with Gasteiger partial charge >= 0.3 is 6.09 Å². The van der Waals surface area contributed by atoms with Crippen LogP contribution in [0.3, 0.4) is 0 Å². The molecule has 1 aromatic heterocycles. The summed E-state index contributed by atoms with van der Waals surface area (Å²) in [6.07, 6.45) is 0.724. The molecule has 0 atom stereocenters. The second-order valence-corrected chi connectivity index (χ2v) is 7.54. The number of nitrogens with one attached hydrogen (secondary N) is 1. The molecule has 0 unspecified atom stereocenters. The fourth-order valence-corrected chi connectivity index (χ4v) is 3.61. The molecule has 4 rings (SSSR count). The van der Waals surface area contributed by atoms with Gasteiger partial charge in [0.2, 0.25) is 5.91 Å². The minimum Gasteiger partial charge on any atom is -0.445 e. The standard InChI is InChI=1S/C18H22N6O3/c1-17(2)15(25)19-18(14-20-21-22-24(14)17)8-10-23(11-9-18)16(26)27-12-13-6-4-3-5-7-13/h3-7H,8-12H2,1-2H3,(H,19,25). The molecule has 0 aliphatic carbocycles. The molecule has 0 bridgehead atoms. The zero-order valence-corrected chi connectivity index (χ0v) is 15.4. The molecule has 2 amide bonds. The van der Waals surface area contributed by atoms with E-state index in [4.69, 9.17) is 4.74 Å². The number of nitrogens with zero attached hydrogens (tertiary/aromatic N) is 5. The summed E-state index contributed by atoms with van der Waals surface area (Å²) >= 11 is 0. The molecule has 9 nitrogen and oxygen atoms in total. The van der Waals surface area contributed by atoms with Crippen molar-refractivity contribution in [2.24, 2.45) is 0 Å². The van der Waals surface area contributed by atoms with Gasteiger partial charge in [0.15, 0.2) is 5.82 Å². The van der Waals surface area contributed by atoms with Crippen molar-refractivity contribution in [2.45, 2.75) is 44.4 Å². The largest absolute Gasteiger partial charge is 0.445 e. The first kappa shape index (κ1) is 17.4. The summed E-state index contributed by atoms with van der Waals surface area (Å²) in [5, 5.41) is 15.0. The van der Waals surface area contributed by atoms with Gasteiger partial charge in [-0.1, -0.05) is 30.3 Å². The predicted octanol–water partition coefficient (Wildman–Crippen LogP) is 1.17. The Labute approximate surface area is 156 Å². The van der Waals surface area contributed by atoms with Crippen molar-refractivity contribution in [1.82, 2.24) is 30.4 Å². The Morgan fingerprint density at radius 1 is 1.22 bits per heavy atom. The number of amides is 2. The Morgan fingerprint density at radius 3 is 2.63 bits per heavy atom. The van der Waals surface area contributed by atoms with E-state index in [1.54, 1.807) is 23.4 Å². The van der Waals surface area contributed by atoms with E-state index < -0.39 is 11.1 Å². The smallest absolute Gasteiger partial charge is 0.410 e. The molecule has 1 spiro atoms. The van der Waals surface area contributed by atoms with E-state index in [0.29, 0.717) is 31.8 Å². The van der Waals surface area contributed by atoms with Crippen molar-refractivity contribution in [1.29, 1.82) is 0 Å². The average molecular weight is 370 g/mol. The molecule has 1 aromatic carbocycles. The van der Waals surface area contributed by atoms with Gasteiger partial charge in [0, 0.05) is 13.1 Å². The highest BCUT2D eigenvalue weighted by Crippen LogP contribution is 2.37. The normalized spacial score (nSPS) is 20.1. The van der Waals surface area contributed by atoms with Gasteiger partial charge in [-0.3, -0.25) is 4.79 Å². The van der Waals surface area contributed by atoms with E-state index in [9.17, 15) is 9.59 Å². The van der Waals surface area contributed by atoms with Crippen molar-refractivity contribution >= 4 is 12.0 Å². The van der Waals surface area contributed by atoms with Crippen LogP contribution in [0.4, 0.5) is 4.79 Å². The van der Waals surface area contributed by atoms with Crippen LogP contribution in [0.1, 0.15) is 38.1 Å². The fourth-order valence-electron chi connectivity index (χ4n) is 3.61. The molecule has 0 saturated carbocycles. The van der Waals surface area contributed by atoms with Crippen molar-refractivity contribution in [3.63, 3.8) is 0 Å². The third kappa shape index (κ3) is 2.92. The lowest BCUT2D eigenvalue weighted by Crippen LogP contribution is -2.64. The molecule has 2 aliphatic rings. The van der Waals surface area contributed by atoms with E-state index in [1.165, 1.54) is 0 Å². The van der Waals surface area contributed by atoms with E-state index in [-0.39, 0.29) is 18.6 Å². The number of carbonyl (C=O) groups is 2. The maximum Gasteiger partial charge on any atom is 0.410 e. The summed E-state index contributed by atoms with van der Waals surface area (Å²) in [5.41, 5.74) is -0.539. The quantitative estimate of drug-likeness (QED) is 0.851. The third-order valence-corrected chi connectivity index (χ3v) is 5.42. The molecule has 9 heteroatoms. The van der Waals surface area contributed by atoms with Crippen LogP contribution < -0.4 is 5.32 Å². The molecule has 2 aromatic rings. The van der Waals surface area contributed by atoms with Crippen LogP contribution in [0.25, 0.3) is 0 Å². The van der Waals surface area contributed by atoms with Gasteiger partial charge < -0.3 is 15.0 Å². The zero-order valence-electron chi connectivity index (χ0n) is 15.4. The maximum absolute atomic E-state index is 12.6. The molecule has 1 N–H and O–H groups in total. The Kier molecular flexibility index (Phi) is 4.09. The molecule has 1 fully saturated rings. The van der Waals surface area contributed by atoms with E-state index >= 15 is 0 Å². The summed E-state index contributed by atoms with van der Waals surface area (Å²) in [4.78, 5) is 26.6. The van der Waals surface area contributed by atoms with Gasteiger partial charge in [-0.15, -0.1) is 5.10 Å². The highest BCUT2D eigenvalue weighted by atomic mass is 16.6. The molecule has 27 heavy (non-hydrogen) atoms. The summed E-state index contributed by atoms with van der Waals surface area (Å²) in [7, 11) is 0. The molecule has 0 radical (unpaired) electrons. The molecule has 1 saturated heterocycles. The summed E-state index contributed by atoms with van der Waals surface area (Å²) < 4.78 is 7.00. The topological polar surface area (TPSA) is 102 Å². The van der Waals surface area contributed by atoms with Crippen LogP contribution in [-0.2, 0) is 27.2 Å². The second kappa shape index (κ2) is 6.33. The Bertz CT molecular complexity index is 855. The lowest BCUT2D eigenvalue weighted by atomic mass is 9.82. The number of hydrogen-bond donors (Lipinski definition) is 1. The first-order chi connectivity index (χ1) is 12.9. The average Bonchev–Trinajstić information content (AvgIpc) is 3.18. The van der Waals surface area contributed by atoms with Crippen molar-refractivity contribution < 1.29 is 14.3 Å². The number of aromatic nitrogens is 4. The minimum absolute atomic E-state index is 0.123. The first-order valence-corrected chi connectivity index (χ1v) is 9.00. The van der Waals surface area contributed by atoms with Gasteiger partial charge in [0.05, 0.1) is 0 Å². The summed E-state index contributed by atoms with van der Waals surface area (Å²) in [6, 6.07) is 9.56. The number of hydrogen-bond acceptors (Lipinski definition) is 6. The zero-order chi connectivity index (χ0) is 19.1. The van der Waals surface area contributed by atoms with Gasteiger partial charge in [0.25, 0.3) is 0 Å². The molecule has 3 heterocycles. The summed E-state index contributed by atoms with van der Waals surface area (Å²) in [6.45, 7) is 4.73. The number of ether oxygens (including phenoxy) is 1. The van der Waals surface area contributed by atoms with Crippen LogP contribution in [0.15, 0.2) is 30.3 Å². The second-order valence-electron chi connectivity index (χ2n) is 7.54. The van der Waals surface area contributed by atoms with E-state index in [1.807, 2.05) is 30.3 Å². The van der Waals surface area contributed by atoms with Crippen LogP contribution in [-0.4, -0.2) is 50.2 Å². The predicted molar refractivity (Wildman–Crippen MR) is 94.4 cm³/mol. The number of fused-ring (bicyclic) bond motifs is 2. The molecular formula is C18H22N6O3. The fraction of sp³-hybridized carbons (Fsp3) is 0.500. The number of likely N-dealkylation sites (tertiary alicyclic amines) is 1. The van der Waals surface area contributed by atoms with Gasteiger partial charge in [0.1, 0.15) is 17.7 Å². The van der Waals surface area contributed by atoms with Gasteiger partial charge in [-0.05, 0) is 42.7 Å². The number of carbonyl (C=O) groups excluding carboxylic acids is 2. The van der Waals surface area contributed by atoms with Crippen LogP contribution in [0.2, 0.25) is 0 Å². The number of piperidine rings is 1. The molecule has 2 aliphatic heterocycles. The van der Waals surface area contributed by atoms with Gasteiger partial charge in [-0.2, -0.15) is 0 Å². The lowest BCUT2D eigenvalue weighted by molar-refractivity contribution is -0.134. The number of rotatable bonds is 2. The first-order valence-electron chi connectivity index (χ1n) is 9.00. The lowest BCUT2D eigenvalue weighted by Gasteiger charge is -2.46. The molecular weight excluding hydrogens is 348 g/mol. The Morgan fingerprint density at radius 2 is 1.93 bits per heavy atom. The minimum atomic E-state index is -0.837. The summed E-state index contributed by atoms with van der Waals surface area (Å²) in [5.74, 6) is 0.520.